The molecular weight excluding hydrogens is 306 g/mol. The van der Waals surface area contributed by atoms with E-state index in [0.717, 1.165) is 40.3 Å². The summed E-state index contributed by atoms with van der Waals surface area (Å²) in [5, 5.41) is 3.36. The minimum atomic E-state index is 0.313. The zero-order chi connectivity index (χ0) is 13.8. The molecule has 2 aromatic rings. The van der Waals surface area contributed by atoms with Crippen LogP contribution in [0.25, 0.3) is 11.5 Å². The normalized spacial score (nSPS) is 11.0. The molecule has 0 saturated carbocycles. The van der Waals surface area contributed by atoms with E-state index in [9.17, 15) is 0 Å². The van der Waals surface area contributed by atoms with E-state index in [1.54, 1.807) is 12.6 Å². The second-order valence-corrected chi connectivity index (χ2v) is 5.52. The van der Waals surface area contributed by atoms with Gasteiger partial charge in [-0.05, 0) is 34.3 Å². The van der Waals surface area contributed by atoms with E-state index in [4.69, 9.17) is 4.42 Å². The molecule has 102 valence electrons. The highest BCUT2D eigenvalue weighted by Gasteiger charge is 2.19. The van der Waals surface area contributed by atoms with E-state index in [1.165, 1.54) is 0 Å². The van der Waals surface area contributed by atoms with Crippen LogP contribution in [0.4, 0.5) is 5.82 Å². The first-order chi connectivity index (χ1) is 9.15. The number of nitrogens with zero attached hydrogens (tertiary/aromatic N) is 2. The molecule has 0 unspecified atom stereocenters. The molecule has 0 aliphatic heterocycles. The van der Waals surface area contributed by atoms with E-state index in [2.05, 4.69) is 52.0 Å². The van der Waals surface area contributed by atoms with E-state index < -0.39 is 0 Å². The lowest BCUT2D eigenvalue weighted by atomic mass is 10.0. The Bertz CT molecular complexity index is 551. The molecule has 0 amide bonds. The van der Waals surface area contributed by atoms with Gasteiger partial charge in [0.1, 0.15) is 17.8 Å². The molecule has 0 radical (unpaired) electrons. The first kappa shape index (κ1) is 14.1. The summed E-state index contributed by atoms with van der Waals surface area (Å²) < 4.78 is 6.45. The maximum Gasteiger partial charge on any atom is 0.166 e. The monoisotopic (exact) mass is 323 g/mol. The fraction of sp³-hybridized carbons (Fsp3) is 0.429. The molecular formula is C14H18BrN3O. The van der Waals surface area contributed by atoms with Gasteiger partial charge in [0.15, 0.2) is 5.76 Å². The molecule has 4 nitrogen and oxygen atoms in total. The maximum atomic E-state index is 5.54. The smallest absolute Gasteiger partial charge is 0.166 e. The second-order valence-electron chi connectivity index (χ2n) is 4.66. The van der Waals surface area contributed by atoms with Gasteiger partial charge in [0.2, 0.25) is 0 Å². The highest BCUT2D eigenvalue weighted by molar-refractivity contribution is 9.10. The van der Waals surface area contributed by atoms with Crippen molar-refractivity contribution >= 4 is 21.7 Å². The molecule has 2 aromatic heterocycles. The Morgan fingerprint density at radius 1 is 1.37 bits per heavy atom. The van der Waals surface area contributed by atoms with Crippen LogP contribution in [0.15, 0.2) is 27.5 Å². The number of hydrogen-bond acceptors (Lipinski definition) is 4. The van der Waals surface area contributed by atoms with E-state index in [-0.39, 0.29) is 0 Å². The van der Waals surface area contributed by atoms with E-state index in [1.807, 2.05) is 6.07 Å². The van der Waals surface area contributed by atoms with Crippen molar-refractivity contribution in [3.63, 3.8) is 0 Å². The average molecular weight is 324 g/mol. The minimum Gasteiger partial charge on any atom is -0.461 e. The van der Waals surface area contributed by atoms with Crippen LogP contribution in [0, 0.1) is 0 Å². The van der Waals surface area contributed by atoms with Gasteiger partial charge in [-0.3, -0.25) is 0 Å². The summed E-state index contributed by atoms with van der Waals surface area (Å²) in [4.78, 5) is 8.76. The predicted molar refractivity (Wildman–Crippen MR) is 80.3 cm³/mol. The third-order valence-electron chi connectivity index (χ3n) is 2.84. The van der Waals surface area contributed by atoms with Crippen LogP contribution >= 0.6 is 15.9 Å². The number of halogens is 1. The molecule has 2 heterocycles. The molecule has 0 bridgehead atoms. The van der Waals surface area contributed by atoms with Gasteiger partial charge in [-0.15, -0.1) is 0 Å². The molecule has 0 aromatic carbocycles. The summed E-state index contributed by atoms with van der Waals surface area (Å²) >= 11 is 3.49. The number of rotatable bonds is 5. The molecule has 0 aliphatic carbocycles. The van der Waals surface area contributed by atoms with Crippen LogP contribution < -0.4 is 5.32 Å². The molecule has 5 heteroatoms. The van der Waals surface area contributed by atoms with Crippen molar-refractivity contribution in [2.45, 2.75) is 33.1 Å². The summed E-state index contributed by atoms with van der Waals surface area (Å²) in [7, 11) is 0. The van der Waals surface area contributed by atoms with Crippen LogP contribution in [0.3, 0.4) is 0 Å². The Balaban J connectivity index is 2.52. The van der Waals surface area contributed by atoms with Crippen LogP contribution in [0.5, 0.6) is 0 Å². The Labute approximate surface area is 121 Å². The zero-order valence-electron chi connectivity index (χ0n) is 11.4. The van der Waals surface area contributed by atoms with Crippen LogP contribution in [0.2, 0.25) is 0 Å². The molecule has 0 saturated heterocycles. The first-order valence-electron chi connectivity index (χ1n) is 6.47. The van der Waals surface area contributed by atoms with Crippen molar-refractivity contribution in [3.8, 4) is 11.5 Å². The third kappa shape index (κ3) is 2.97. The summed E-state index contributed by atoms with van der Waals surface area (Å²) in [5.41, 5.74) is 1.94. The molecule has 0 atom stereocenters. The molecule has 2 rings (SSSR count). The Morgan fingerprint density at radius 3 is 2.74 bits per heavy atom. The lowest BCUT2D eigenvalue weighted by Crippen LogP contribution is -2.08. The minimum absolute atomic E-state index is 0.313. The SMILES string of the molecule is CCCNc1ncnc(-c2occc2Br)c1C(C)C. The Morgan fingerprint density at radius 2 is 2.16 bits per heavy atom. The van der Waals surface area contributed by atoms with Crippen molar-refractivity contribution in [1.82, 2.24) is 9.97 Å². The number of anilines is 1. The first-order valence-corrected chi connectivity index (χ1v) is 7.26. The van der Waals surface area contributed by atoms with Crippen LogP contribution in [-0.2, 0) is 0 Å². The average Bonchev–Trinajstić information content (AvgIpc) is 2.81. The molecule has 19 heavy (non-hydrogen) atoms. The Hall–Kier alpha value is -1.36. The summed E-state index contributed by atoms with van der Waals surface area (Å²) in [6, 6.07) is 1.88. The van der Waals surface area contributed by atoms with Crippen molar-refractivity contribution in [3.05, 3.63) is 28.7 Å². The fourth-order valence-electron chi connectivity index (χ4n) is 1.97. The van der Waals surface area contributed by atoms with Gasteiger partial charge in [0, 0.05) is 12.1 Å². The highest BCUT2D eigenvalue weighted by atomic mass is 79.9. The van der Waals surface area contributed by atoms with Crippen molar-refractivity contribution in [2.75, 3.05) is 11.9 Å². The fourth-order valence-corrected chi connectivity index (χ4v) is 2.36. The third-order valence-corrected chi connectivity index (χ3v) is 3.46. The highest BCUT2D eigenvalue weighted by Crippen LogP contribution is 2.35. The number of aromatic nitrogens is 2. The molecule has 0 fully saturated rings. The van der Waals surface area contributed by atoms with E-state index in [0.29, 0.717) is 5.92 Å². The predicted octanol–water partition coefficient (Wildman–Crippen LogP) is 4.44. The van der Waals surface area contributed by atoms with Gasteiger partial charge in [-0.25, -0.2) is 9.97 Å². The van der Waals surface area contributed by atoms with Gasteiger partial charge < -0.3 is 9.73 Å². The summed E-state index contributed by atoms with van der Waals surface area (Å²) in [6.07, 6.45) is 4.29. The standard InChI is InChI=1S/C14H18BrN3O/c1-4-6-16-14-11(9(2)3)12(17-8-18-14)13-10(15)5-7-19-13/h5,7-9H,4,6H2,1-3H3,(H,16,17,18). The topological polar surface area (TPSA) is 51.0 Å². The van der Waals surface area contributed by atoms with Gasteiger partial charge in [-0.2, -0.15) is 0 Å². The van der Waals surface area contributed by atoms with Gasteiger partial charge in [0.05, 0.1) is 10.7 Å². The van der Waals surface area contributed by atoms with Crippen molar-refractivity contribution in [1.29, 1.82) is 0 Å². The molecule has 0 spiro atoms. The van der Waals surface area contributed by atoms with Gasteiger partial charge in [-0.1, -0.05) is 20.8 Å². The maximum absolute atomic E-state index is 5.54. The van der Waals surface area contributed by atoms with Crippen LogP contribution in [-0.4, -0.2) is 16.5 Å². The van der Waals surface area contributed by atoms with Crippen molar-refractivity contribution < 1.29 is 4.42 Å². The van der Waals surface area contributed by atoms with Crippen LogP contribution in [0.1, 0.15) is 38.7 Å². The Kier molecular flexibility index (Phi) is 4.58. The largest absolute Gasteiger partial charge is 0.461 e. The van der Waals surface area contributed by atoms with Gasteiger partial charge in [0.25, 0.3) is 0 Å². The van der Waals surface area contributed by atoms with E-state index >= 15 is 0 Å². The number of nitrogens with one attached hydrogen (secondary N) is 1. The zero-order valence-corrected chi connectivity index (χ0v) is 13.0. The summed E-state index contributed by atoms with van der Waals surface area (Å²) in [6.45, 7) is 7.30. The lowest BCUT2D eigenvalue weighted by molar-refractivity contribution is 0.577. The summed E-state index contributed by atoms with van der Waals surface area (Å²) in [5.74, 6) is 1.96. The number of furan rings is 1. The van der Waals surface area contributed by atoms with Gasteiger partial charge >= 0.3 is 0 Å². The molecule has 0 aliphatic rings. The quantitative estimate of drug-likeness (QED) is 0.883. The van der Waals surface area contributed by atoms with Crippen molar-refractivity contribution in [2.24, 2.45) is 0 Å². The molecule has 1 N–H and O–H groups in total. The number of hydrogen-bond donors (Lipinski definition) is 1. The lowest BCUT2D eigenvalue weighted by Gasteiger charge is -2.15. The second kappa shape index (κ2) is 6.19.